The lowest BCUT2D eigenvalue weighted by atomic mass is 9.91. The average molecular weight is 141 g/mol. The number of rotatable bonds is 0. The number of piperidine rings is 1. The second-order valence-electron chi connectivity index (χ2n) is 3.43. The van der Waals surface area contributed by atoms with Crippen LogP contribution in [0.2, 0.25) is 0 Å². The van der Waals surface area contributed by atoms with Gasteiger partial charge in [-0.05, 0) is 7.05 Å². The van der Waals surface area contributed by atoms with Gasteiger partial charge in [-0.25, -0.2) is 0 Å². The van der Waals surface area contributed by atoms with Crippen molar-refractivity contribution in [1.82, 2.24) is 4.90 Å². The van der Waals surface area contributed by atoms with E-state index in [0.717, 1.165) is 13.1 Å². The fraction of sp³-hybridized carbons (Fsp3) is 0.875. The van der Waals surface area contributed by atoms with E-state index in [0.29, 0.717) is 5.78 Å². The molecular formula is C8H15NO. The van der Waals surface area contributed by atoms with Crippen LogP contribution in [0.25, 0.3) is 0 Å². The first kappa shape index (κ1) is 7.73. The van der Waals surface area contributed by atoms with Crippen molar-refractivity contribution in [3.63, 3.8) is 0 Å². The van der Waals surface area contributed by atoms with Crippen LogP contribution in [-0.2, 0) is 4.79 Å². The molecule has 1 saturated heterocycles. The molecule has 58 valence electrons. The Morgan fingerprint density at radius 2 is 1.70 bits per heavy atom. The minimum atomic E-state index is 0.244. The first-order chi connectivity index (χ1) is 4.61. The number of hydrogen-bond acceptors (Lipinski definition) is 2. The maximum Gasteiger partial charge on any atom is 0.141 e. The summed E-state index contributed by atoms with van der Waals surface area (Å²) in [6, 6.07) is 0. The molecule has 0 amide bonds. The van der Waals surface area contributed by atoms with Gasteiger partial charge in [0.25, 0.3) is 0 Å². The Morgan fingerprint density at radius 3 is 2.10 bits per heavy atom. The van der Waals surface area contributed by atoms with Crippen LogP contribution in [-0.4, -0.2) is 30.8 Å². The van der Waals surface area contributed by atoms with Gasteiger partial charge in [0.1, 0.15) is 5.78 Å². The second-order valence-corrected chi connectivity index (χ2v) is 3.43. The normalized spacial score (nSPS) is 36.5. The van der Waals surface area contributed by atoms with Gasteiger partial charge in [-0.3, -0.25) is 4.79 Å². The Bertz CT molecular complexity index is 130. The van der Waals surface area contributed by atoms with E-state index in [1.54, 1.807) is 0 Å². The maximum atomic E-state index is 11.2. The van der Waals surface area contributed by atoms with Gasteiger partial charge in [0.2, 0.25) is 0 Å². The van der Waals surface area contributed by atoms with Crippen LogP contribution in [0.15, 0.2) is 0 Å². The van der Waals surface area contributed by atoms with Crippen molar-refractivity contribution in [3.05, 3.63) is 0 Å². The van der Waals surface area contributed by atoms with Gasteiger partial charge >= 0.3 is 0 Å². The zero-order valence-corrected chi connectivity index (χ0v) is 6.92. The van der Waals surface area contributed by atoms with Crippen LogP contribution in [0.3, 0.4) is 0 Å². The molecule has 1 aliphatic rings. The Hall–Kier alpha value is -0.370. The van der Waals surface area contributed by atoms with Crippen LogP contribution in [0.5, 0.6) is 0 Å². The number of nitrogens with zero attached hydrogens (tertiary/aromatic N) is 1. The van der Waals surface area contributed by atoms with E-state index in [-0.39, 0.29) is 11.8 Å². The topological polar surface area (TPSA) is 20.3 Å². The highest BCUT2D eigenvalue weighted by atomic mass is 16.1. The molecule has 0 saturated carbocycles. The first-order valence-corrected chi connectivity index (χ1v) is 3.83. The van der Waals surface area contributed by atoms with Crippen molar-refractivity contribution in [2.24, 2.45) is 11.8 Å². The molecule has 1 aliphatic heterocycles. The van der Waals surface area contributed by atoms with Crippen LogP contribution in [0, 0.1) is 11.8 Å². The number of Topliss-reactive ketones (excluding diaryl/α,β-unsaturated/α-hetero) is 1. The molecule has 1 fully saturated rings. The summed E-state index contributed by atoms with van der Waals surface area (Å²) >= 11 is 0. The van der Waals surface area contributed by atoms with Gasteiger partial charge in [-0.15, -0.1) is 0 Å². The van der Waals surface area contributed by atoms with Gasteiger partial charge in [0.05, 0.1) is 0 Å². The Morgan fingerprint density at radius 1 is 1.30 bits per heavy atom. The van der Waals surface area contributed by atoms with Crippen LogP contribution < -0.4 is 0 Å². The predicted octanol–water partition coefficient (Wildman–Crippen LogP) is 0.773. The van der Waals surface area contributed by atoms with E-state index >= 15 is 0 Å². The fourth-order valence-electron chi connectivity index (χ4n) is 1.68. The molecule has 1 heterocycles. The van der Waals surface area contributed by atoms with Gasteiger partial charge in [-0.2, -0.15) is 0 Å². The molecule has 0 aliphatic carbocycles. The zero-order chi connectivity index (χ0) is 7.72. The van der Waals surface area contributed by atoms with Crippen LogP contribution >= 0.6 is 0 Å². The van der Waals surface area contributed by atoms with Gasteiger partial charge in [0.15, 0.2) is 0 Å². The number of carbonyl (C=O) groups is 1. The second kappa shape index (κ2) is 2.70. The monoisotopic (exact) mass is 141 g/mol. The van der Waals surface area contributed by atoms with E-state index in [9.17, 15) is 4.79 Å². The zero-order valence-electron chi connectivity index (χ0n) is 6.92. The van der Waals surface area contributed by atoms with Crippen LogP contribution in [0.1, 0.15) is 13.8 Å². The summed E-state index contributed by atoms with van der Waals surface area (Å²) in [5.41, 5.74) is 0. The summed E-state index contributed by atoms with van der Waals surface area (Å²) in [6.07, 6.45) is 0. The Balaban J connectivity index is 2.57. The molecule has 2 heteroatoms. The van der Waals surface area contributed by atoms with E-state index in [4.69, 9.17) is 0 Å². The van der Waals surface area contributed by atoms with Crippen molar-refractivity contribution in [2.45, 2.75) is 13.8 Å². The molecular weight excluding hydrogens is 126 g/mol. The highest BCUT2D eigenvalue weighted by Crippen LogP contribution is 2.15. The predicted molar refractivity (Wildman–Crippen MR) is 40.8 cm³/mol. The van der Waals surface area contributed by atoms with E-state index < -0.39 is 0 Å². The maximum absolute atomic E-state index is 11.2. The molecule has 2 nitrogen and oxygen atoms in total. The molecule has 0 spiro atoms. The Labute approximate surface area is 62.2 Å². The van der Waals surface area contributed by atoms with E-state index in [1.807, 2.05) is 13.8 Å². The highest BCUT2D eigenvalue weighted by Gasteiger charge is 2.27. The number of ketones is 1. The number of carbonyl (C=O) groups excluding carboxylic acids is 1. The SMILES string of the molecule is C[C@@H]1CN(C)C[C@H](C)C1=O. The molecule has 0 N–H and O–H groups in total. The molecule has 10 heavy (non-hydrogen) atoms. The summed E-state index contributed by atoms with van der Waals surface area (Å²) < 4.78 is 0. The highest BCUT2D eigenvalue weighted by molar-refractivity contribution is 5.83. The summed E-state index contributed by atoms with van der Waals surface area (Å²) in [5.74, 6) is 0.917. The summed E-state index contributed by atoms with van der Waals surface area (Å²) in [5, 5.41) is 0. The van der Waals surface area contributed by atoms with E-state index in [1.165, 1.54) is 0 Å². The molecule has 0 aromatic rings. The van der Waals surface area contributed by atoms with Gasteiger partial charge in [-0.1, -0.05) is 13.8 Å². The average Bonchev–Trinajstić information content (AvgIpc) is 1.82. The lowest BCUT2D eigenvalue weighted by molar-refractivity contribution is -0.129. The third kappa shape index (κ3) is 1.37. The molecule has 1 rings (SSSR count). The molecule has 0 aromatic heterocycles. The third-order valence-corrected chi connectivity index (χ3v) is 2.14. The van der Waals surface area contributed by atoms with Gasteiger partial charge < -0.3 is 4.90 Å². The molecule has 0 radical (unpaired) electrons. The van der Waals surface area contributed by atoms with Crippen LogP contribution in [0.4, 0.5) is 0 Å². The minimum Gasteiger partial charge on any atom is -0.305 e. The minimum absolute atomic E-state index is 0.244. The first-order valence-electron chi connectivity index (χ1n) is 3.83. The molecule has 0 unspecified atom stereocenters. The van der Waals surface area contributed by atoms with Crippen molar-refractivity contribution < 1.29 is 4.79 Å². The van der Waals surface area contributed by atoms with Crippen molar-refractivity contribution >= 4 is 5.78 Å². The molecule has 0 aromatic carbocycles. The standard InChI is InChI=1S/C8H15NO/c1-6-4-9(3)5-7(2)8(6)10/h6-7H,4-5H2,1-3H3/t6-,7+. The summed E-state index contributed by atoms with van der Waals surface area (Å²) in [7, 11) is 2.07. The van der Waals surface area contributed by atoms with Crippen molar-refractivity contribution in [2.75, 3.05) is 20.1 Å². The van der Waals surface area contributed by atoms with E-state index in [2.05, 4.69) is 11.9 Å². The van der Waals surface area contributed by atoms with Crippen molar-refractivity contribution in [1.29, 1.82) is 0 Å². The third-order valence-electron chi connectivity index (χ3n) is 2.14. The molecule has 0 bridgehead atoms. The smallest absolute Gasteiger partial charge is 0.141 e. The lowest BCUT2D eigenvalue weighted by Gasteiger charge is -2.30. The largest absolute Gasteiger partial charge is 0.305 e. The summed E-state index contributed by atoms with van der Waals surface area (Å²) in [4.78, 5) is 13.5. The summed E-state index contributed by atoms with van der Waals surface area (Å²) in [6.45, 7) is 5.88. The number of hydrogen-bond donors (Lipinski definition) is 0. The molecule has 2 atom stereocenters. The fourth-order valence-corrected chi connectivity index (χ4v) is 1.68. The number of likely N-dealkylation sites (tertiary alicyclic amines) is 1. The lowest BCUT2D eigenvalue weighted by Crippen LogP contribution is -2.42. The Kier molecular flexibility index (Phi) is 2.09. The quantitative estimate of drug-likeness (QED) is 0.496. The van der Waals surface area contributed by atoms with Crippen molar-refractivity contribution in [3.8, 4) is 0 Å². The van der Waals surface area contributed by atoms with Gasteiger partial charge in [0, 0.05) is 24.9 Å².